The molecular formula is C22H25ClN4O2. The lowest BCUT2D eigenvalue weighted by molar-refractivity contribution is 0.0663. The molecule has 0 saturated carbocycles. The topological polar surface area (TPSA) is 64.6 Å². The van der Waals surface area contributed by atoms with E-state index >= 15 is 0 Å². The number of piperazine rings is 1. The largest absolute Gasteiger partial charge is 0.491 e. The van der Waals surface area contributed by atoms with E-state index in [0.717, 1.165) is 53.9 Å². The number of aromatic amines is 1. The number of hydrogen-bond donors (Lipinski definition) is 2. The summed E-state index contributed by atoms with van der Waals surface area (Å²) < 4.78 is 5.76. The van der Waals surface area contributed by atoms with Gasteiger partial charge in [0.1, 0.15) is 18.5 Å². The molecule has 0 spiro atoms. The molecule has 1 aliphatic heterocycles. The monoisotopic (exact) mass is 412 g/mol. The molecule has 1 fully saturated rings. The second-order valence-corrected chi connectivity index (χ2v) is 7.65. The summed E-state index contributed by atoms with van der Waals surface area (Å²) in [4.78, 5) is 4.60. The summed E-state index contributed by atoms with van der Waals surface area (Å²) in [6.07, 6.45) is 1.27. The average molecular weight is 413 g/mol. The number of aromatic nitrogens is 2. The Labute approximate surface area is 175 Å². The van der Waals surface area contributed by atoms with E-state index in [1.165, 1.54) is 0 Å². The molecule has 1 aromatic heterocycles. The zero-order chi connectivity index (χ0) is 20.1. The predicted molar refractivity (Wildman–Crippen MR) is 116 cm³/mol. The standard InChI is InChI=1S/C22H25ClN4O2/c23-18-2-1-3-19(14-18)27-12-10-26(11-13-27)15-20(28)16-29-21-6-4-17(5-7-21)22-8-9-24-25-22/h1-9,14,20,28H,10-13,15-16H2,(H,24,25). The van der Waals surface area contributed by atoms with E-state index < -0.39 is 6.10 Å². The first-order valence-electron chi connectivity index (χ1n) is 9.81. The first-order chi connectivity index (χ1) is 14.2. The lowest BCUT2D eigenvalue weighted by Gasteiger charge is -2.36. The molecule has 29 heavy (non-hydrogen) atoms. The lowest BCUT2D eigenvalue weighted by Crippen LogP contribution is -2.49. The van der Waals surface area contributed by atoms with Gasteiger partial charge in [0.25, 0.3) is 0 Å². The Bertz CT molecular complexity index is 893. The lowest BCUT2D eigenvalue weighted by atomic mass is 10.1. The number of aliphatic hydroxyl groups is 1. The van der Waals surface area contributed by atoms with Crippen LogP contribution in [0.5, 0.6) is 5.75 Å². The summed E-state index contributed by atoms with van der Waals surface area (Å²) in [5.74, 6) is 0.745. The minimum absolute atomic E-state index is 0.274. The third-order valence-corrected chi connectivity index (χ3v) is 5.34. The van der Waals surface area contributed by atoms with Crippen LogP contribution < -0.4 is 9.64 Å². The van der Waals surface area contributed by atoms with E-state index in [2.05, 4.69) is 26.1 Å². The van der Waals surface area contributed by atoms with Gasteiger partial charge in [0.2, 0.25) is 0 Å². The minimum atomic E-state index is -0.529. The van der Waals surface area contributed by atoms with Gasteiger partial charge >= 0.3 is 0 Å². The van der Waals surface area contributed by atoms with E-state index in [1.807, 2.05) is 48.5 Å². The van der Waals surface area contributed by atoms with E-state index in [4.69, 9.17) is 16.3 Å². The van der Waals surface area contributed by atoms with Crippen molar-refractivity contribution in [3.8, 4) is 17.0 Å². The zero-order valence-electron chi connectivity index (χ0n) is 16.2. The maximum Gasteiger partial charge on any atom is 0.119 e. The number of benzene rings is 2. The van der Waals surface area contributed by atoms with Crippen LogP contribution in [0.3, 0.4) is 0 Å². The molecule has 1 atom stereocenters. The maximum atomic E-state index is 10.4. The van der Waals surface area contributed by atoms with Gasteiger partial charge in [0.15, 0.2) is 0 Å². The van der Waals surface area contributed by atoms with Crippen LogP contribution >= 0.6 is 11.6 Å². The van der Waals surface area contributed by atoms with Crippen LogP contribution in [0.15, 0.2) is 60.8 Å². The van der Waals surface area contributed by atoms with Crippen LogP contribution in [0.2, 0.25) is 5.02 Å². The molecule has 3 aromatic rings. The molecule has 6 nitrogen and oxygen atoms in total. The fourth-order valence-electron chi connectivity index (χ4n) is 3.55. The second kappa shape index (κ2) is 9.31. The number of rotatable bonds is 7. The first kappa shape index (κ1) is 19.8. The molecule has 2 heterocycles. The van der Waals surface area contributed by atoms with Gasteiger partial charge in [-0.1, -0.05) is 17.7 Å². The molecule has 1 unspecified atom stereocenters. The van der Waals surface area contributed by atoms with Crippen LogP contribution in [0.4, 0.5) is 5.69 Å². The molecule has 2 aromatic carbocycles. The molecule has 0 aliphatic carbocycles. The highest BCUT2D eigenvalue weighted by Gasteiger charge is 2.20. The quantitative estimate of drug-likeness (QED) is 0.623. The SMILES string of the molecule is OC(COc1ccc(-c2cc[nH]n2)cc1)CN1CCN(c2cccc(Cl)c2)CC1. The van der Waals surface area contributed by atoms with Gasteiger partial charge < -0.3 is 14.7 Å². The third-order valence-electron chi connectivity index (χ3n) is 5.11. The van der Waals surface area contributed by atoms with Crippen LogP contribution in [-0.4, -0.2) is 65.6 Å². The van der Waals surface area contributed by atoms with Crippen LogP contribution in [0.1, 0.15) is 0 Å². The molecule has 0 radical (unpaired) electrons. The van der Waals surface area contributed by atoms with E-state index in [0.29, 0.717) is 6.54 Å². The van der Waals surface area contributed by atoms with Crippen LogP contribution in [-0.2, 0) is 0 Å². The van der Waals surface area contributed by atoms with Gasteiger partial charge in [-0.3, -0.25) is 10.00 Å². The van der Waals surface area contributed by atoms with Crippen LogP contribution in [0.25, 0.3) is 11.3 Å². The van der Waals surface area contributed by atoms with Crippen molar-refractivity contribution < 1.29 is 9.84 Å². The van der Waals surface area contributed by atoms with E-state index in [1.54, 1.807) is 6.20 Å². The highest BCUT2D eigenvalue weighted by molar-refractivity contribution is 6.30. The number of nitrogens with one attached hydrogen (secondary N) is 1. The Morgan fingerprint density at radius 3 is 2.55 bits per heavy atom. The fourth-order valence-corrected chi connectivity index (χ4v) is 3.73. The number of β-amino-alcohol motifs (C(OH)–C–C–N with tert-alkyl or cyclic N) is 1. The van der Waals surface area contributed by atoms with Crippen molar-refractivity contribution in [1.82, 2.24) is 15.1 Å². The van der Waals surface area contributed by atoms with Crippen molar-refractivity contribution in [2.24, 2.45) is 0 Å². The van der Waals surface area contributed by atoms with Gasteiger partial charge in [-0.25, -0.2) is 0 Å². The summed E-state index contributed by atoms with van der Waals surface area (Å²) in [7, 11) is 0. The summed E-state index contributed by atoms with van der Waals surface area (Å²) in [5.41, 5.74) is 3.07. The summed E-state index contributed by atoms with van der Waals surface area (Å²) in [6, 6.07) is 17.6. The van der Waals surface area contributed by atoms with Gasteiger partial charge in [-0.2, -0.15) is 5.10 Å². The highest BCUT2D eigenvalue weighted by atomic mass is 35.5. The average Bonchev–Trinajstić information content (AvgIpc) is 3.28. The van der Waals surface area contributed by atoms with Crippen LogP contribution in [0, 0.1) is 0 Å². The van der Waals surface area contributed by atoms with Gasteiger partial charge in [0.05, 0.1) is 5.69 Å². The maximum absolute atomic E-state index is 10.4. The summed E-state index contributed by atoms with van der Waals surface area (Å²) >= 11 is 6.09. The number of H-pyrrole nitrogens is 1. The highest BCUT2D eigenvalue weighted by Crippen LogP contribution is 2.22. The summed E-state index contributed by atoms with van der Waals surface area (Å²) in [6.45, 7) is 4.53. The van der Waals surface area contributed by atoms with Gasteiger partial charge in [-0.05, 0) is 48.5 Å². The number of anilines is 1. The third kappa shape index (κ3) is 5.29. The Balaban J connectivity index is 1.21. The van der Waals surface area contributed by atoms with Crippen molar-refractivity contribution in [2.75, 3.05) is 44.2 Å². The van der Waals surface area contributed by atoms with E-state index in [9.17, 15) is 5.11 Å². The molecule has 152 valence electrons. The van der Waals surface area contributed by atoms with Crippen molar-refractivity contribution in [3.05, 3.63) is 65.8 Å². The Morgan fingerprint density at radius 2 is 1.86 bits per heavy atom. The van der Waals surface area contributed by atoms with E-state index in [-0.39, 0.29) is 6.61 Å². The number of hydrogen-bond acceptors (Lipinski definition) is 5. The van der Waals surface area contributed by atoms with Crippen molar-refractivity contribution in [1.29, 1.82) is 0 Å². The van der Waals surface area contributed by atoms with Gasteiger partial charge in [-0.15, -0.1) is 0 Å². The minimum Gasteiger partial charge on any atom is -0.491 e. The molecule has 1 aliphatic rings. The Hall–Kier alpha value is -2.54. The fraction of sp³-hybridized carbons (Fsp3) is 0.318. The molecule has 0 amide bonds. The Kier molecular flexibility index (Phi) is 6.34. The first-order valence-corrected chi connectivity index (χ1v) is 10.2. The molecule has 1 saturated heterocycles. The number of nitrogens with zero attached hydrogens (tertiary/aromatic N) is 3. The number of aliphatic hydroxyl groups excluding tert-OH is 1. The second-order valence-electron chi connectivity index (χ2n) is 7.22. The number of ether oxygens (including phenoxy) is 1. The van der Waals surface area contributed by atoms with Crippen molar-refractivity contribution in [2.45, 2.75) is 6.10 Å². The molecular weight excluding hydrogens is 388 g/mol. The molecule has 2 N–H and O–H groups in total. The smallest absolute Gasteiger partial charge is 0.119 e. The molecule has 4 rings (SSSR count). The normalized spacial score (nSPS) is 16.0. The predicted octanol–water partition coefficient (Wildman–Crippen LogP) is 3.29. The molecule has 7 heteroatoms. The van der Waals surface area contributed by atoms with Gasteiger partial charge in [0, 0.05) is 55.2 Å². The molecule has 0 bridgehead atoms. The number of halogens is 1. The van der Waals surface area contributed by atoms with Crippen molar-refractivity contribution in [3.63, 3.8) is 0 Å². The van der Waals surface area contributed by atoms with Crippen molar-refractivity contribution >= 4 is 17.3 Å². The Morgan fingerprint density at radius 1 is 1.07 bits per heavy atom. The summed E-state index contributed by atoms with van der Waals surface area (Å²) in [5, 5.41) is 18.1. The zero-order valence-corrected chi connectivity index (χ0v) is 16.9.